The van der Waals surface area contributed by atoms with Crippen molar-refractivity contribution in [2.24, 2.45) is 5.92 Å². The highest BCUT2D eigenvalue weighted by molar-refractivity contribution is 6.09. The monoisotopic (exact) mass is 814 g/mol. The number of ether oxygens (including phenoxy) is 2. The van der Waals surface area contributed by atoms with E-state index in [0.29, 0.717) is 62.9 Å². The second-order valence-corrected chi connectivity index (χ2v) is 17.3. The van der Waals surface area contributed by atoms with E-state index in [1.54, 1.807) is 0 Å². The molecule has 0 radical (unpaired) electrons. The number of hydrogen-bond donors (Lipinski definition) is 0. The molecular weight excluding hydrogens is 761 g/mol. The van der Waals surface area contributed by atoms with E-state index in [0.717, 1.165) is 50.6 Å². The zero-order valence-electron chi connectivity index (χ0n) is 41.2. The van der Waals surface area contributed by atoms with Crippen LogP contribution in [0, 0.1) is 5.92 Å². The third-order valence-electron chi connectivity index (χ3n) is 11.7. The van der Waals surface area contributed by atoms with Gasteiger partial charge in [-0.05, 0) is 125 Å². The molecular formula is C56H48N4O2. The summed E-state index contributed by atoms with van der Waals surface area (Å²) < 4.78 is 68.8. The number of aromatic nitrogens is 2. The van der Waals surface area contributed by atoms with Crippen LogP contribution < -0.4 is 19.3 Å². The highest BCUT2D eigenvalue weighted by Gasteiger charge is 2.30. The van der Waals surface area contributed by atoms with Gasteiger partial charge in [0.2, 0.25) is 0 Å². The average Bonchev–Trinajstić information content (AvgIpc) is 3.89. The highest BCUT2D eigenvalue weighted by atomic mass is 16.5. The van der Waals surface area contributed by atoms with Crippen molar-refractivity contribution >= 4 is 44.6 Å². The first-order valence-electron chi connectivity index (χ1n) is 24.1. The maximum Gasteiger partial charge on any atom is 0.137 e. The highest BCUT2D eigenvalue weighted by Crippen LogP contribution is 2.48. The van der Waals surface area contributed by atoms with Gasteiger partial charge in [-0.15, -0.1) is 0 Å². The van der Waals surface area contributed by atoms with Crippen LogP contribution in [0.5, 0.6) is 23.0 Å². The summed E-state index contributed by atoms with van der Waals surface area (Å²) in [7, 11) is 0. The summed E-state index contributed by atoms with van der Waals surface area (Å²) in [6, 6.07) is 44.8. The molecule has 304 valence electrons. The molecule has 6 nitrogen and oxygen atoms in total. The molecule has 0 atom stereocenters. The molecule has 0 saturated carbocycles. The first-order valence-corrected chi connectivity index (χ1v) is 21.1. The molecule has 0 fully saturated rings. The zero-order chi connectivity index (χ0) is 47.4. The fraction of sp³-hybridized carbons (Fsp3) is 0.161. The fourth-order valence-electron chi connectivity index (χ4n) is 8.87. The van der Waals surface area contributed by atoms with Crippen molar-refractivity contribution in [3.05, 3.63) is 181 Å². The van der Waals surface area contributed by atoms with Crippen LogP contribution in [0.4, 0.5) is 22.7 Å². The zero-order valence-corrected chi connectivity index (χ0v) is 35.2. The minimum Gasteiger partial charge on any atom is -0.457 e. The summed E-state index contributed by atoms with van der Waals surface area (Å²) in [6.45, 7) is 10.7. The van der Waals surface area contributed by atoms with Crippen LogP contribution in [0.1, 0.15) is 54.0 Å². The van der Waals surface area contributed by atoms with E-state index in [4.69, 9.17) is 21.3 Å². The molecule has 6 heteroatoms. The second kappa shape index (κ2) is 14.7. The Balaban J connectivity index is 1.12. The van der Waals surface area contributed by atoms with Crippen LogP contribution in [-0.2, 0) is 11.8 Å². The van der Waals surface area contributed by atoms with Crippen LogP contribution in [0.2, 0.25) is 0 Å². The molecule has 7 aromatic carbocycles. The van der Waals surface area contributed by atoms with E-state index in [-0.39, 0.29) is 35.5 Å². The molecule has 5 aliphatic heterocycles. The predicted octanol–water partition coefficient (Wildman–Crippen LogP) is 15.2. The van der Waals surface area contributed by atoms with Gasteiger partial charge in [0.25, 0.3) is 0 Å². The molecule has 12 bridgehead atoms. The van der Waals surface area contributed by atoms with E-state index in [1.807, 2.05) is 146 Å². The molecule has 9 aromatic rings. The molecule has 0 saturated heterocycles. The Hall–Kier alpha value is -7.31. The lowest BCUT2D eigenvalue weighted by Crippen LogP contribution is -2.24. The van der Waals surface area contributed by atoms with Crippen LogP contribution >= 0.6 is 0 Å². The van der Waals surface area contributed by atoms with Crippen molar-refractivity contribution in [2.75, 3.05) is 16.5 Å². The molecule has 14 rings (SSSR count). The molecule has 0 aliphatic carbocycles. The maximum absolute atomic E-state index is 9.21. The first kappa shape index (κ1) is 31.5. The third-order valence-corrected chi connectivity index (χ3v) is 11.7. The minimum atomic E-state index is -1.56. The summed E-state index contributed by atoms with van der Waals surface area (Å²) >= 11 is 0. The predicted molar refractivity (Wildman–Crippen MR) is 255 cm³/mol. The summed E-state index contributed by atoms with van der Waals surface area (Å²) in [4.78, 5) is 9.56. The lowest BCUT2D eigenvalue weighted by Gasteiger charge is -2.25. The maximum atomic E-state index is 9.21. The van der Waals surface area contributed by atoms with Crippen LogP contribution in [-0.4, -0.2) is 16.2 Å². The third kappa shape index (κ3) is 6.63. The molecule has 7 heterocycles. The van der Waals surface area contributed by atoms with E-state index in [2.05, 4.69) is 48.8 Å². The molecule has 0 amide bonds. The number of anilines is 4. The van der Waals surface area contributed by atoms with Crippen molar-refractivity contribution in [1.82, 2.24) is 9.55 Å². The number of fused-ring (bicyclic) bond motifs is 6. The lowest BCUT2D eigenvalue weighted by molar-refractivity contribution is 0.482. The Labute approximate surface area is 371 Å². The molecule has 2 aromatic heterocycles. The quantitative estimate of drug-likeness (QED) is 0.174. The standard InChI is InChI=1S/C56H48N4O2/c1-36(2)29-37-17-28-50-47(30-37)38-18-22-41(23-19-38)61-42-24-20-39(21-25-42)48-34-57-55(33-49(48)56(3,4)5)60-51-14-7-6-13-45(51)46-27-26-44(32-54(46)60)62-43-12-10-11-40(31-43)58-35-59(50)53-16-9-8-15-52(53)58/h6-28,30-34,36H,29,35H2,1-5H3/i6D,7D,13D,14D,29D2. The Kier molecular flexibility index (Phi) is 7.48. The first-order chi connectivity index (χ1) is 32.6. The van der Waals surface area contributed by atoms with Gasteiger partial charge in [0.1, 0.15) is 35.5 Å². The van der Waals surface area contributed by atoms with Gasteiger partial charge >= 0.3 is 0 Å². The fourth-order valence-corrected chi connectivity index (χ4v) is 8.87. The van der Waals surface area contributed by atoms with Gasteiger partial charge in [-0.25, -0.2) is 4.98 Å². The van der Waals surface area contributed by atoms with Crippen molar-refractivity contribution in [2.45, 2.75) is 46.4 Å². The number of rotatable bonds is 2. The average molecular weight is 815 g/mol. The van der Waals surface area contributed by atoms with Gasteiger partial charge in [-0.2, -0.15) is 0 Å². The van der Waals surface area contributed by atoms with Crippen LogP contribution in [0.3, 0.4) is 0 Å². The van der Waals surface area contributed by atoms with Gasteiger partial charge < -0.3 is 19.3 Å². The van der Waals surface area contributed by atoms with Crippen molar-refractivity contribution in [3.63, 3.8) is 0 Å². The van der Waals surface area contributed by atoms with Gasteiger partial charge in [0, 0.05) is 48.7 Å². The Morgan fingerprint density at radius 3 is 2.05 bits per heavy atom. The lowest BCUT2D eigenvalue weighted by atomic mass is 9.82. The minimum absolute atomic E-state index is 0.119. The Morgan fingerprint density at radius 2 is 1.31 bits per heavy atom. The molecule has 0 spiro atoms. The summed E-state index contributed by atoms with van der Waals surface area (Å²) in [5.41, 5.74) is 9.75. The molecule has 62 heavy (non-hydrogen) atoms. The SMILES string of the molecule is [2H]c1c([2H])c([2H])c2c(c1[2H])c1ccc3cc1n2-c1cc(C(C)(C)C)c(cn1)-c1ccc(cc1)Oc1ccc(cc1)-c1cc(C([2H])([2H])C(C)C)ccc1N1CN(c2cccc(c2)O3)c2ccccc21. The number of pyridine rings is 1. The number of benzene rings is 7. The molecule has 0 N–H and O–H groups in total. The molecule has 5 aliphatic rings. The van der Waals surface area contributed by atoms with Crippen LogP contribution in [0.15, 0.2) is 170 Å². The van der Waals surface area contributed by atoms with E-state index in [1.165, 1.54) is 0 Å². The van der Waals surface area contributed by atoms with Crippen molar-refractivity contribution in [1.29, 1.82) is 0 Å². The summed E-state index contributed by atoms with van der Waals surface area (Å²) in [5.74, 6) is 2.71. The normalized spacial score (nSPS) is 14.9. The summed E-state index contributed by atoms with van der Waals surface area (Å²) in [6.07, 6.45) is 0.284. The van der Waals surface area contributed by atoms with E-state index < -0.39 is 6.37 Å². The van der Waals surface area contributed by atoms with E-state index in [9.17, 15) is 1.37 Å². The van der Waals surface area contributed by atoms with Crippen molar-refractivity contribution in [3.8, 4) is 51.1 Å². The number of hydrogen-bond acceptors (Lipinski definition) is 5. The smallest absolute Gasteiger partial charge is 0.137 e. The second-order valence-electron chi connectivity index (χ2n) is 17.3. The van der Waals surface area contributed by atoms with Crippen molar-refractivity contribution < 1.29 is 17.7 Å². The number of nitrogens with zero attached hydrogens (tertiary/aromatic N) is 4. The Morgan fingerprint density at radius 1 is 0.629 bits per heavy atom. The molecule has 0 unspecified atom stereocenters. The van der Waals surface area contributed by atoms with E-state index >= 15 is 0 Å². The van der Waals surface area contributed by atoms with Crippen LogP contribution in [0.25, 0.3) is 49.9 Å². The van der Waals surface area contributed by atoms with Gasteiger partial charge in [-0.1, -0.05) is 101 Å². The summed E-state index contributed by atoms with van der Waals surface area (Å²) in [5, 5.41) is 1.06. The van der Waals surface area contributed by atoms with Gasteiger partial charge in [0.15, 0.2) is 0 Å². The van der Waals surface area contributed by atoms with Gasteiger partial charge in [0.05, 0.1) is 33.6 Å². The van der Waals surface area contributed by atoms with Gasteiger partial charge in [-0.3, -0.25) is 4.57 Å². The Bertz CT molecular complexity index is 3490. The number of para-hydroxylation sites is 3. The largest absolute Gasteiger partial charge is 0.457 e. The topological polar surface area (TPSA) is 42.8 Å².